The summed E-state index contributed by atoms with van der Waals surface area (Å²) in [6, 6.07) is 6.68. The van der Waals surface area contributed by atoms with Crippen LogP contribution in [0.25, 0.3) is 32.7 Å². The van der Waals surface area contributed by atoms with Gasteiger partial charge in [-0.15, -0.1) is 0 Å². The van der Waals surface area contributed by atoms with E-state index in [1.807, 2.05) is 41.5 Å². The van der Waals surface area contributed by atoms with Crippen molar-refractivity contribution in [2.45, 2.75) is 54.4 Å². The molecule has 146 valence electrons. The first-order chi connectivity index (χ1) is 13.5. The van der Waals surface area contributed by atoms with Gasteiger partial charge in [0.05, 0.1) is 0 Å². The highest BCUT2D eigenvalue weighted by atomic mass is 16.2. The van der Waals surface area contributed by atoms with E-state index in [1.54, 1.807) is 24.3 Å². The molecule has 2 aliphatic rings. The van der Waals surface area contributed by atoms with Gasteiger partial charge in [-0.1, -0.05) is 41.5 Å². The summed E-state index contributed by atoms with van der Waals surface area (Å²) in [7, 11) is 0. The van der Waals surface area contributed by atoms with Crippen LogP contribution in [0.15, 0.2) is 43.4 Å². The van der Waals surface area contributed by atoms with E-state index in [4.69, 9.17) is 0 Å². The Kier molecular flexibility index (Phi) is 6.45. The van der Waals surface area contributed by atoms with Gasteiger partial charge in [-0.25, -0.2) is 0 Å². The molecule has 2 aromatic rings. The van der Waals surface area contributed by atoms with Gasteiger partial charge in [-0.05, 0) is 48.2 Å². The van der Waals surface area contributed by atoms with Crippen LogP contribution in [0.1, 0.15) is 52.7 Å². The van der Waals surface area contributed by atoms with Crippen molar-refractivity contribution in [1.29, 1.82) is 0 Å². The summed E-state index contributed by atoms with van der Waals surface area (Å²) in [5.41, 5.74) is 0.0333. The lowest BCUT2D eigenvalue weighted by molar-refractivity contribution is 1.14. The number of aryl methyl sites for hydroxylation is 2. The molecule has 0 spiro atoms. The second-order valence-corrected chi connectivity index (χ2v) is 6.16. The lowest BCUT2D eigenvalue weighted by Gasteiger charge is -2.16. The molecule has 0 bridgehead atoms. The minimum absolute atomic E-state index is 0.244. The Balaban J connectivity index is 0.000000660. The average Bonchev–Trinajstić information content (AvgIpc) is 2.76. The van der Waals surface area contributed by atoms with Gasteiger partial charge in [0.25, 0.3) is 0 Å². The summed E-state index contributed by atoms with van der Waals surface area (Å²) >= 11 is 0. The first-order valence-corrected chi connectivity index (χ1v) is 10.00. The maximum absolute atomic E-state index is 12.6. The van der Waals surface area contributed by atoms with E-state index >= 15 is 0 Å². The van der Waals surface area contributed by atoms with Gasteiger partial charge in [-0.3, -0.25) is 19.2 Å². The molecule has 0 radical (unpaired) electrons. The third-order valence-corrected chi connectivity index (χ3v) is 4.85. The van der Waals surface area contributed by atoms with Crippen molar-refractivity contribution >= 4 is 21.5 Å². The molecule has 0 N–H and O–H groups in total. The fraction of sp³-hybridized carbons (Fsp3) is 0.333. The summed E-state index contributed by atoms with van der Waals surface area (Å²) in [6.45, 7) is 11.8. The monoisotopic (exact) mass is 378 g/mol. The van der Waals surface area contributed by atoms with Crippen molar-refractivity contribution in [1.82, 2.24) is 0 Å². The van der Waals surface area contributed by atoms with Gasteiger partial charge < -0.3 is 0 Å². The molecule has 0 unspecified atom stereocenters. The first kappa shape index (κ1) is 21.4. The zero-order valence-corrected chi connectivity index (χ0v) is 17.4. The highest BCUT2D eigenvalue weighted by Crippen LogP contribution is 2.35. The topological polar surface area (TPSA) is 68.3 Å². The normalized spacial score (nSPS) is 10.6. The van der Waals surface area contributed by atoms with E-state index in [-0.39, 0.29) is 21.5 Å². The van der Waals surface area contributed by atoms with E-state index in [0.717, 1.165) is 11.1 Å². The van der Waals surface area contributed by atoms with Gasteiger partial charge in [-0.2, -0.15) is 0 Å². The molecule has 2 aromatic carbocycles. The molecule has 4 rings (SSSR count). The molecule has 4 heteroatoms. The molecule has 28 heavy (non-hydrogen) atoms. The Labute approximate surface area is 163 Å². The Morgan fingerprint density at radius 2 is 0.714 bits per heavy atom. The molecular weight excluding hydrogens is 352 g/mol. The molecule has 4 nitrogen and oxygen atoms in total. The Hall–Kier alpha value is -2.88. The third-order valence-electron chi connectivity index (χ3n) is 4.85. The SMILES string of the molecule is CC.CC.CCc1cc2c3c(c1)c(=O)c(=O)c1cc(CC)cc(c1-3)c(=O)c2=O. The number of benzene rings is 4. The van der Waals surface area contributed by atoms with Crippen molar-refractivity contribution < 1.29 is 0 Å². The number of hydrogen-bond donors (Lipinski definition) is 0. The number of hydrogen-bond acceptors (Lipinski definition) is 4. The van der Waals surface area contributed by atoms with E-state index in [1.165, 1.54) is 0 Å². The quantitative estimate of drug-likeness (QED) is 0.390. The standard InChI is InChI=1S/C20H14O4.2C2H6/c1-3-9-5-11-15-12(6-9)18(22)20(24)14-8-10(4-2)7-13(16(14)15)19(23)17(11)21;2*1-2/h5-8H,3-4H2,1-2H3;2*1-2H3. The van der Waals surface area contributed by atoms with Gasteiger partial charge in [0.15, 0.2) is 0 Å². The molecule has 0 aliphatic heterocycles. The van der Waals surface area contributed by atoms with Crippen LogP contribution >= 0.6 is 0 Å². The van der Waals surface area contributed by atoms with Gasteiger partial charge >= 0.3 is 0 Å². The number of rotatable bonds is 2. The summed E-state index contributed by atoms with van der Waals surface area (Å²) in [6.07, 6.45) is 1.22. The molecule has 0 saturated heterocycles. The van der Waals surface area contributed by atoms with Gasteiger partial charge in [0.2, 0.25) is 21.7 Å². The largest absolute Gasteiger partial charge is 0.285 e. The molecule has 0 fully saturated rings. The van der Waals surface area contributed by atoms with Crippen LogP contribution < -0.4 is 21.7 Å². The molecule has 0 aromatic heterocycles. The Bertz CT molecular complexity index is 1100. The maximum atomic E-state index is 12.6. The van der Waals surface area contributed by atoms with Crippen LogP contribution in [-0.2, 0) is 12.8 Å². The van der Waals surface area contributed by atoms with Crippen LogP contribution in [0, 0.1) is 0 Å². The third kappa shape index (κ3) is 3.03. The summed E-state index contributed by atoms with van der Waals surface area (Å²) in [4.78, 5) is 50.3. The van der Waals surface area contributed by atoms with Crippen LogP contribution in [-0.4, -0.2) is 0 Å². The van der Waals surface area contributed by atoms with Crippen molar-refractivity contribution in [3.05, 3.63) is 76.3 Å². The van der Waals surface area contributed by atoms with Gasteiger partial charge in [0, 0.05) is 32.7 Å². The lowest BCUT2D eigenvalue weighted by atomic mass is 9.84. The lowest BCUT2D eigenvalue weighted by Crippen LogP contribution is -2.31. The first-order valence-electron chi connectivity index (χ1n) is 10.00. The predicted molar refractivity (Wildman–Crippen MR) is 118 cm³/mol. The summed E-state index contributed by atoms with van der Waals surface area (Å²) in [5.74, 6) is 0. The summed E-state index contributed by atoms with van der Waals surface area (Å²) in [5, 5.41) is 0.975. The van der Waals surface area contributed by atoms with E-state index in [9.17, 15) is 19.2 Å². The van der Waals surface area contributed by atoms with E-state index < -0.39 is 21.7 Å². The predicted octanol–water partition coefficient (Wildman–Crippen LogP) is 4.03. The fourth-order valence-corrected chi connectivity index (χ4v) is 3.56. The van der Waals surface area contributed by atoms with Crippen molar-refractivity contribution in [2.24, 2.45) is 0 Å². The average molecular weight is 378 g/mol. The van der Waals surface area contributed by atoms with Crippen LogP contribution in [0.4, 0.5) is 0 Å². The van der Waals surface area contributed by atoms with E-state index in [0.29, 0.717) is 24.0 Å². The van der Waals surface area contributed by atoms with Crippen LogP contribution in [0.3, 0.4) is 0 Å². The van der Waals surface area contributed by atoms with Gasteiger partial charge in [0.1, 0.15) is 0 Å². The smallest absolute Gasteiger partial charge is 0.234 e. The molecule has 0 amide bonds. The maximum Gasteiger partial charge on any atom is 0.234 e. The molecule has 0 saturated carbocycles. The molecule has 0 atom stereocenters. The zero-order chi connectivity index (χ0) is 21.2. The minimum atomic E-state index is -0.601. The van der Waals surface area contributed by atoms with Crippen molar-refractivity contribution in [3.63, 3.8) is 0 Å². The minimum Gasteiger partial charge on any atom is -0.285 e. The fourth-order valence-electron chi connectivity index (χ4n) is 3.56. The second kappa shape index (κ2) is 8.42. The second-order valence-electron chi connectivity index (χ2n) is 6.16. The molecular formula is C24H26O4. The summed E-state index contributed by atoms with van der Waals surface area (Å²) < 4.78 is 0. The van der Waals surface area contributed by atoms with Crippen LogP contribution in [0.2, 0.25) is 0 Å². The van der Waals surface area contributed by atoms with Crippen LogP contribution in [0.5, 0.6) is 0 Å². The molecule has 2 aliphatic carbocycles. The van der Waals surface area contributed by atoms with Crippen molar-refractivity contribution in [2.75, 3.05) is 0 Å². The Morgan fingerprint density at radius 1 is 0.500 bits per heavy atom. The Morgan fingerprint density at radius 3 is 0.893 bits per heavy atom. The van der Waals surface area contributed by atoms with E-state index in [2.05, 4.69) is 0 Å². The zero-order valence-electron chi connectivity index (χ0n) is 17.4. The van der Waals surface area contributed by atoms with Crippen molar-refractivity contribution in [3.8, 4) is 11.1 Å². The highest BCUT2D eigenvalue weighted by Gasteiger charge is 2.25. The molecule has 0 heterocycles. The highest BCUT2D eigenvalue weighted by molar-refractivity contribution is 6.11.